The summed E-state index contributed by atoms with van der Waals surface area (Å²) in [5.74, 6) is -0.375. The quantitative estimate of drug-likeness (QED) is 0.579. The van der Waals surface area contributed by atoms with E-state index in [0.717, 1.165) is 38.8 Å². The van der Waals surface area contributed by atoms with Crippen molar-refractivity contribution in [2.24, 2.45) is 10.1 Å². The summed E-state index contributed by atoms with van der Waals surface area (Å²) < 4.78 is 2.14. The molecular weight excluding hydrogens is 418 g/mol. The fraction of sp³-hybridized carbons (Fsp3) is 0.120. The van der Waals surface area contributed by atoms with Crippen molar-refractivity contribution < 1.29 is 4.79 Å². The molecule has 0 bridgehead atoms. The molecule has 0 aliphatic carbocycles. The maximum absolute atomic E-state index is 12.8. The third kappa shape index (κ3) is 3.31. The van der Waals surface area contributed by atoms with Gasteiger partial charge in [-0.05, 0) is 67.9 Å². The number of rotatable bonds is 3. The van der Waals surface area contributed by atoms with Crippen LogP contribution in [-0.2, 0) is 4.79 Å². The van der Waals surface area contributed by atoms with E-state index in [0.29, 0.717) is 5.17 Å². The van der Waals surface area contributed by atoms with Crippen LogP contribution in [0, 0.1) is 26.2 Å². The second-order valence-electron chi connectivity index (χ2n) is 7.74. The van der Waals surface area contributed by atoms with E-state index >= 15 is 0 Å². The number of amides is 1. The molecule has 3 aromatic rings. The molecule has 0 radical (unpaired) electrons. The van der Waals surface area contributed by atoms with Gasteiger partial charge in [-0.1, -0.05) is 42.5 Å². The molecule has 1 aromatic heterocycles. The highest BCUT2D eigenvalue weighted by atomic mass is 32.2. The average Bonchev–Trinajstić information content (AvgIpc) is 3.32. The van der Waals surface area contributed by atoms with E-state index in [1.807, 2.05) is 81.4 Å². The minimum atomic E-state index is -0.417. The number of para-hydroxylation sites is 1. The highest BCUT2D eigenvalue weighted by Crippen LogP contribution is 2.32. The number of amidine groups is 2. The number of thioether (sulfide) groups is 1. The molecule has 2 aliphatic heterocycles. The molecule has 2 aromatic carbocycles. The van der Waals surface area contributed by atoms with Crippen molar-refractivity contribution in [1.82, 2.24) is 9.58 Å². The number of hydrogen-bond acceptors (Lipinski definition) is 4. The molecule has 0 fully saturated rings. The SMILES string of the molecule is Cc1ccccc1C1=NN2C(=N)C(=Cc3cc(C)n(-c4ccccc4)c3C)C(=O)N=C2S1. The Morgan fingerprint density at radius 2 is 1.72 bits per heavy atom. The molecule has 0 spiro atoms. The van der Waals surface area contributed by atoms with Gasteiger partial charge in [-0.3, -0.25) is 10.2 Å². The summed E-state index contributed by atoms with van der Waals surface area (Å²) in [4.78, 5) is 17.1. The van der Waals surface area contributed by atoms with Gasteiger partial charge in [-0.15, -0.1) is 0 Å². The first kappa shape index (κ1) is 20.2. The number of nitrogens with one attached hydrogen (secondary N) is 1. The number of hydrazone groups is 1. The number of carbonyl (C=O) groups is 1. The summed E-state index contributed by atoms with van der Waals surface area (Å²) in [6, 6.07) is 20.0. The lowest BCUT2D eigenvalue weighted by atomic mass is 10.1. The molecular formula is C25H21N5OS. The minimum Gasteiger partial charge on any atom is -0.318 e. The van der Waals surface area contributed by atoms with Crippen molar-refractivity contribution in [2.75, 3.05) is 0 Å². The number of aromatic nitrogens is 1. The molecule has 2 aliphatic rings. The Kier molecular flexibility index (Phi) is 4.90. The standard InChI is InChI=1S/C25H21N5OS/c1-15-9-7-8-12-20(15)24-28-30-22(26)21(23(31)27-25(30)32-24)14-18-13-16(2)29(17(18)3)19-10-5-4-6-11-19/h4-14,26H,1-3H3. The van der Waals surface area contributed by atoms with Gasteiger partial charge in [0.05, 0.1) is 5.57 Å². The van der Waals surface area contributed by atoms with E-state index in [9.17, 15) is 4.79 Å². The van der Waals surface area contributed by atoms with Gasteiger partial charge in [-0.25, -0.2) is 0 Å². The Bertz CT molecular complexity index is 1360. The summed E-state index contributed by atoms with van der Waals surface area (Å²) in [6.45, 7) is 6.06. The van der Waals surface area contributed by atoms with E-state index in [4.69, 9.17) is 5.41 Å². The maximum Gasteiger partial charge on any atom is 0.283 e. The number of fused-ring (bicyclic) bond motifs is 1. The number of carbonyl (C=O) groups excluding carboxylic acids is 1. The normalized spacial score (nSPS) is 17.0. The highest BCUT2D eigenvalue weighted by Gasteiger charge is 2.36. The monoisotopic (exact) mass is 439 g/mol. The molecule has 0 unspecified atom stereocenters. The fourth-order valence-corrected chi connectivity index (χ4v) is 4.96. The minimum absolute atomic E-state index is 0.0422. The zero-order valence-corrected chi connectivity index (χ0v) is 18.8. The Balaban J connectivity index is 1.53. The molecule has 6 nitrogen and oxygen atoms in total. The zero-order valence-electron chi connectivity index (χ0n) is 18.0. The van der Waals surface area contributed by atoms with Crippen molar-refractivity contribution in [3.8, 4) is 5.69 Å². The van der Waals surface area contributed by atoms with Gasteiger partial charge in [0.25, 0.3) is 5.91 Å². The van der Waals surface area contributed by atoms with E-state index in [-0.39, 0.29) is 11.4 Å². The summed E-state index contributed by atoms with van der Waals surface area (Å²) in [6.07, 6.45) is 1.75. The van der Waals surface area contributed by atoms with Crippen molar-refractivity contribution in [2.45, 2.75) is 20.8 Å². The smallest absolute Gasteiger partial charge is 0.283 e. The molecule has 7 heteroatoms. The van der Waals surface area contributed by atoms with Gasteiger partial charge in [0.15, 0.2) is 5.84 Å². The molecule has 5 rings (SSSR count). The number of nitrogens with zero attached hydrogens (tertiary/aromatic N) is 4. The second kappa shape index (κ2) is 7.76. The van der Waals surface area contributed by atoms with Crippen LogP contribution in [0.2, 0.25) is 0 Å². The predicted molar refractivity (Wildman–Crippen MR) is 131 cm³/mol. The van der Waals surface area contributed by atoms with Crippen LogP contribution in [0.15, 0.2) is 76.3 Å². The lowest BCUT2D eigenvalue weighted by Crippen LogP contribution is -2.35. The van der Waals surface area contributed by atoms with E-state index in [2.05, 4.69) is 14.7 Å². The van der Waals surface area contributed by atoms with Crippen LogP contribution in [0.5, 0.6) is 0 Å². The molecule has 1 amide bonds. The topological polar surface area (TPSA) is 73.8 Å². The molecule has 1 N–H and O–H groups in total. The van der Waals surface area contributed by atoms with E-state index < -0.39 is 5.91 Å². The van der Waals surface area contributed by atoms with Gasteiger partial charge in [-0.2, -0.15) is 15.1 Å². The summed E-state index contributed by atoms with van der Waals surface area (Å²) in [5, 5.41) is 15.9. The van der Waals surface area contributed by atoms with Crippen LogP contribution in [0.25, 0.3) is 11.8 Å². The molecule has 0 saturated carbocycles. The Morgan fingerprint density at radius 1 is 1.00 bits per heavy atom. The highest BCUT2D eigenvalue weighted by molar-refractivity contribution is 8.27. The van der Waals surface area contributed by atoms with Crippen molar-refractivity contribution in [1.29, 1.82) is 5.41 Å². The lowest BCUT2D eigenvalue weighted by molar-refractivity contribution is -0.114. The van der Waals surface area contributed by atoms with E-state index in [1.165, 1.54) is 16.8 Å². The number of aliphatic imine (C=N–C) groups is 1. The molecule has 0 saturated heterocycles. The third-order valence-electron chi connectivity index (χ3n) is 5.61. The van der Waals surface area contributed by atoms with Gasteiger partial charge in [0, 0.05) is 22.6 Å². The molecule has 0 atom stereocenters. The summed E-state index contributed by atoms with van der Waals surface area (Å²) in [7, 11) is 0. The Morgan fingerprint density at radius 3 is 2.47 bits per heavy atom. The lowest BCUT2D eigenvalue weighted by Gasteiger charge is -2.20. The van der Waals surface area contributed by atoms with Gasteiger partial charge in [0.2, 0.25) is 5.17 Å². The predicted octanol–water partition coefficient (Wildman–Crippen LogP) is 5.07. The average molecular weight is 440 g/mol. The molecule has 32 heavy (non-hydrogen) atoms. The Labute approximate surface area is 190 Å². The fourth-order valence-electron chi connectivity index (χ4n) is 3.98. The van der Waals surface area contributed by atoms with Crippen LogP contribution in [0.1, 0.15) is 28.1 Å². The van der Waals surface area contributed by atoms with Gasteiger partial charge >= 0.3 is 0 Å². The van der Waals surface area contributed by atoms with E-state index in [1.54, 1.807) is 6.08 Å². The van der Waals surface area contributed by atoms with Crippen molar-refractivity contribution in [3.05, 3.63) is 94.3 Å². The van der Waals surface area contributed by atoms with Gasteiger partial charge in [0.1, 0.15) is 5.04 Å². The molecule has 158 valence electrons. The summed E-state index contributed by atoms with van der Waals surface area (Å²) in [5.41, 5.74) is 6.28. The zero-order chi connectivity index (χ0) is 22.4. The van der Waals surface area contributed by atoms with Crippen LogP contribution in [0.4, 0.5) is 0 Å². The third-order valence-corrected chi connectivity index (χ3v) is 6.56. The second-order valence-corrected chi connectivity index (χ2v) is 8.69. The first-order valence-electron chi connectivity index (χ1n) is 10.2. The number of hydrogen-bond donors (Lipinski definition) is 1. The van der Waals surface area contributed by atoms with Crippen molar-refractivity contribution >= 4 is 39.8 Å². The van der Waals surface area contributed by atoms with Crippen LogP contribution >= 0.6 is 11.8 Å². The summed E-state index contributed by atoms with van der Waals surface area (Å²) >= 11 is 1.32. The largest absolute Gasteiger partial charge is 0.318 e. The Hall–Kier alpha value is -3.71. The number of benzene rings is 2. The van der Waals surface area contributed by atoms with Crippen LogP contribution < -0.4 is 0 Å². The van der Waals surface area contributed by atoms with Gasteiger partial charge < -0.3 is 4.57 Å². The molecule has 3 heterocycles. The van der Waals surface area contributed by atoms with Crippen LogP contribution in [0.3, 0.4) is 0 Å². The van der Waals surface area contributed by atoms with Crippen LogP contribution in [-0.4, -0.2) is 31.5 Å². The number of aryl methyl sites for hydroxylation is 2. The van der Waals surface area contributed by atoms with Crippen molar-refractivity contribution in [3.63, 3.8) is 0 Å². The first-order chi connectivity index (χ1) is 15.4. The maximum atomic E-state index is 12.8. The first-order valence-corrected chi connectivity index (χ1v) is 11.1.